The lowest BCUT2D eigenvalue weighted by molar-refractivity contribution is -0.123. The van der Waals surface area contributed by atoms with Crippen molar-refractivity contribution in [1.29, 1.82) is 0 Å². The molecule has 0 bridgehead atoms. The van der Waals surface area contributed by atoms with E-state index in [1.807, 2.05) is 44.2 Å². The number of carbonyl (C=O) groups excluding carboxylic acids is 2. The van der Waals surface area contributed by atoms with Crippen LogP contribution in [0.5, 0.6) is 5.75 Å². The molecular formula is C21H24N2O3. The van der Waals surface area contributed by atoms with E-state index in [1.165, 1.54) is 4.90 Å². The van der Waals surface area contributed by atoms with Crippen molar-refractivity contribution >= 4 is 17.5 Å². The number of amides is 2. The molecule has 0 spiro atoms. The second-order valence-corrected chi connectivity index (χ2v) is 6.26. The molecule has 0 unspecified atom stereocenters. The van der Waals surface area contributed by atoms with Crippen LogP contribution in [-0.2, 0) is 16.1 Å². The van der Waals surface area contributed by atoms with E-state index >= 15 is 0 Å². The molecule has 1 saturated heterocycles. The van der Waals surface area contributed by atoms with Gasteiger partial charge in [0.25, 0.3) is 5.91 Å². The summed E-state index contributed by atoms with van der Waals surface area (Å²) in [6.45, 7) is 5.86. The Bertz CT molecular complexity index is 759. The number of carbonyl (C=O) groups is 2. The van der Waals surface area contributed by atoms with E-state index in [0.29, 0.717) is 25.4 Å². The Kier molecular flexibility index (Phi) is 5.68. The first-order chi connectivity index (χ1) is 12.6. The summed E-state index contributed by atoms with van der Waals surface area (Å²) in [5, 5.41) is 0. The normalized spacial score (nSPS) is 17.2. The fourth-order valence-electron chi connectivity index (χ4n) is 3.29. The van der Waals surface area contributed by atoms with Gasteiger partial charge in [0.05, 0.1) is 24.8 Å². The van der Waals surface area contributed by atoms with E-state index in [-0.39, 0.29) is 18.2 Å². The highest BCUT2D eigenvalue weighted by Crippen LogP contribution is 2.28. The second kappa shape index (κ2) is 8.15. The van der Waals surface area contributed by atoms with Crippen molar-refractivity contribution in [1.82, 2.24) is 4.90 Å². The minimum atomic E-state index is -0.417. The number of hydrogen-bond acceptors (Lipinski definition) is 4. The molecule has 0 aliphatic carbocycles. The van der Waals surface area contributed by atoms with Gasteiger partial charge in [-0.1, -0.05) is 37.3 Å². The molecule has 0 N–H and O–H groups in total. The molecule has 136 valence electrons. The highest BCUT2D eigenvalue weighted by atomic mass is 16.5. The van der Waals surface area contributed by atoms with Crippen LogP contribution in [0, 0.1) is 0 Å². The van der Waals surface area contributed by atoms with Crippen molar-refractivity contribution < 1.29 is 14.3 Å². The van der Waals surface area contributed by atoms with Gasteiger partial charge in [-0.2, -0.15) is 0 Å². The molecule has 2 aromatic rings. The van der Waals surface area contributed by atoms with Crippen molar-refractivity contribution in [3.63, 3.8) is 0 Å². The van der Waals surface area contributed by atoms with Gasteiger partial charge < -0.3 is 4.74 Å². The van der Waals surface area contributed by atoms with Crippen molar-refractivity contribution in [2.75, 3.05) is 18.1 Å². The van der Waals surface area contributed by atoms with Crippen LogP contribution in [-0.4, -0.2) is 35.9 Å². The predicted molar refractivity (Wildman–Crippen MR) is 101 cm³/mol. The molecule has 1 heterocycles. The van der Waals surface area contributed by atoms with E-state index in [0.717, 1.165) is 11.3 Å². The molecule has 0 radical (unpaired) electrons. The molecule has 1 aliphatic heterocycles. The molecule has 1 atom stereocenters. The maximum absolute atomic E-state index is 12.9. The van der Waals surface area contributed by atoms with Gasteiger partial charge >= 0.3 is 0 Å². The SMILES string of the molecule is CCOc1ccc(N2C(=O)C[C@H](N(CC)Cc3ccccc3)C2=O)cc1. The van der Waals surface area contributed by atoms with Crippen molar-refractivity contribution in [3.05, 3.63) is 60.2 Å². The summed E-state index contributed by atoms with van der Waals surface area (Å²) < 4.78 is 5.42. The maximum Gasteiger partial charge on any atom is 0.251 e. The molecule has 26 heavy (non-hydrogen) atoms. The number of nitrogens with zero attached hydrogens (tertiary/aromatic N) is 2. The Morgan fingerprint density at radius 2 is 1.73 bits per heavy atom. The van der Waals surface area contributed by atoms with Gasteiger partial charge in [-0.15, -0.1) is 0 Å². The highest BCUT2D eigenvalue weighted by Gasteiger charge is 2.42. The Labute approximate surface area is 154 Å². The first-order valence-corrected chi connectivity index (χ1v) is 9.01. The smallest absolute Gasteiger partial charge is 0.251 e. The Morgan fingerprint density at radius 1 is 1.04 bits per heavy atom. The van der Waals surface area contributed by atoms with Gasteiger partial charge in [0.1, 0.15) is 5.75 Å². The molecule has 0 aromatic heterocycles. The lowest BCUT2D eigenvalue weighted by atomic mass is 10.1. The Morgan fingerprint density at radius 3 is 2.35 bits per heavy atom. The molecule has 5 nitrogen and oxygen atoms in total. The van der Waals surface area contributed by atoms with Crippen LogP contribution in [0.4, 0.5) is 5.69 Å². The second-order valence-electron chi connectivity index (χ2n) is 6.26. The van der Waals surface area contributed by atoms with E-state index in [4.69, 9.17) is 4.74 Å². The summed E-state index contributed by atoms with van der Waals surface area (Å²) in [5.74, 6) is 0.416. The number of likely N-dealkylation sites (N-methyl/N-ethyl adjacent to an activating group) is 1. The summed E-state index contributed by atoms with van der Waals surface area (Å²) in [6.07, 6.45) is 0.215. The number of hydrogen-bond donors (Lipinski definition) is 0. The molecular weight excluding hydrogens is 328 g/mol. The molecule has 2 aromatic carbocycles. The Hall–Kier alpha value is -2.66. The van der Waals surface area contributed by atoms with Gasteiger partial charge in [0.2, 0.25) is 5.91 Å². The van der Waals surface area contributed by atoms with E-state index in [9.17, 15) is 9.59 Å². The topological polar surface area (TPSA) is 49.9 Å². The third kappa shape index (κ3) is 3.78. The molecule has 0 saturated carbocycles. The van der Waals surface area contributed by atoms with Crippen LogP contribution >= 0.6 is 0 Å². The lowest BCUT2D eigenvalue weighted by Gasteiger charge is -2.26. The number of benzene rings is 2. The standard InChI is InChI=1S/C21H24N2O3/c1-3-22(15-16-8-6-5-7-9-16)19-14-20(24)23(21(19)25)17-10-12-18(13-11-17)26-4-2/h5-13,19H,3-4,14-15H2,1-2H3/t19-/m0/s1. The van der Waals surface area contributed by atoms with E-state index in [1.54, 1.807) is 24.3 Å². The van der Waals surface area contributed by atoms with Crippen molar-refractivity contribution in [2.45, 2.75) is 32.9 Å². The van der Waals surface area contributed by atoms with E-state index < -0.39 is 6.04 Å². The van der Waals surface area contributed by atoms with Crippen molar-refractivity contribution in [2.24, 2.45) is 0 Å². The third-order valence-electron chi connectivity index (χ3n) is 4.60. The van der Waals surface area contributed by atoms with Gasteiger partial charge in [-0.25, -0.2) is 4.90 Å². The first kappa shape index (κ1) is 18.1. The molecule has 5 heteroatoms. The maximum atomic E-state index is 12.9. The largest absolute Gasteiger partial charge is 0.494 e. The zero-order valence-corrected chi connectivity index (χ0v) is 15.2. The van der Waals surface area contributed by atoms with Crippen LogP contribution in [0.15, 0.2) is 54.6 Å². The van der Waals surface area contributed by atoms with Crippen LogP contribution in [0.25, 0.3) is 0 Å². The average Bonchev–Trinajstić information content (AvgIpc) is 2.96. The molecule has 2 amide bonds. The first-order valence-electron chi connectivity index (χ1n) is 9.01. The van der Waals surface area contributed by atoms with E-state index in [2.05, 4.69) is 4.90 Å². The summed E-state index contributed by atoms with van der Waals surface area (Å²) in [6, 6.07) is 16.7. The predicted octanol–water partition coefficient (Wildman–Crippen LogP) is 3.24. The summed E-state index contributed by atoms with van der Waals surface area (Å²) >= 11 is 0. The fraction of sp³-hybridized carbons (Fsp3) is 0.333. The van der Waals surface area contributed by atoms with Crippen LogP contribution < -0.4 is 9.64 Å². The minimum Gasteiger partial charge on any atom is -0.494 e. The number of rotatable bonds is 7. The molecule has 1 fully saturated rings. The highest BCUT2D eigenvalue weighted by molar-refractivity contribution is 6.22. The molecule has 1 aliphatic rings. The van der Waals surface area contributed by atoms with Crippen molar-refractivity contribution in [3.8, 4) is 5.75 Å². The average molecular weight is 352 g/mol. The number of imide groups is 1. The van der Waals surface area contributed by atoms with Crippen LogP contribution in [0.2, 0.25) is 0 Å². The molecule has 3 rings (SSSR count). The zero-order valence-electron chi connectivity index (χ0n) is 15.2. The monoisotopic (exact) mass is 352 g/mol. The summed E-state index contributed by atoms with van der Waals surface area (Å²) in [4.78, 5) is 28.8. The number of ether oxygens (including phenoxy) is 1. The Balaban J connectivity index is 1.76. The lowest BCUT2D eigenvalue weighted by Crippen LogP contribution is -2.41. The third-order valence-corrected chi connectivity index (χ3v) is 4.60. The summed E-state index contributed by atoms with van der Waals surface area (Å²) in [7, 11) is 0. The minimum absolute atomic E-state index is 0.156. The van der Waals surface area contributed by atoms with Gasteiger partial charge in [0, 0.05) is 6.54 Å². The van der Waals surface area contributed by atoms with Crippen LogP contribution in [0.3, 0.4) is 0 Å². The van der Waals surface area contributed by atoms with Gasteiger partial charge in [-0.3, -0.25) is 14.5 Å². The fourth-order valence-corrected chi connectivity index (χ4v) is 3.29. The summed E-state index contributed by atoms with van der Waals surface area (Å²) in [5.41, 5.74) is 1.73. The van der Waals surface area contributed by atoms with Crippen LogP contribution in [0.1, 0.15) is 25.8 Å². The van der Waals surface area contributed by atoms with Gasteiger partial charge in [0.15, 0.2) is 0 Å². The number of anilines is 1. The van der Waals surface area contributed by atoms with Gasteiger partial charge in [-0.05, 0) is 43.3 Å². The zero-order chi connectivity index (χ0) is 18.5. The quantitative estimate of drug-likeness (QED) is 0.718.